The van der Waals surface area contributed by atoms with Crippen LogP contribution in [0.2, 0.25) is 5.02 Å². The van der Waals surface area contributed by atoms with Crippen LogP contribution in [0.5, 0.6) is 0 Å². The van der Waals surface area contributed by atoms with E-state index in [1.165, 1.54) is 0 Å². The quantitative estimate of drug-likeness (QED) is 0.835. The van der Waals surface area contributed by atoms with Crippen molar-refractivity contribution >= 4 is 39.3 Å². The first-order chi connectivity index (χ1) is 9.52. The van der Waals surface area contributed by atoms with E-state index in [1.807, 2.05) is 0 Å². The number of halogens is 2. The summed E-state index contributed by atoms with van der Waals surface area (Å²) in [6, 6.07) is 4.53. The second-order valence-electron chi connectivity index (χ2n) is 4.49. The van der Waals surface area contributed by atoms with Gasteiger partial charge in [0.2, 0.25) is 5.91 Å². The molecule has 1 aromatic carbocycles. The van der Waals surface area contributed by atoms with Crippen LogP contribution in [0.4, 0.5) is 0 Å². The van der Waals surface area contributed by atoms with Crippen LogP contribution >= 0.6 is 27.5 Å². The van der Waals surface area contributed by atoms with Gasteiger partial charge in [0.1, 0.15) is 6.04 Å². The fourth-order valence-corrected chi connectivity index (χ4v) is 3.05. The highest BCUT2D eigenvalue weighted by molar-refractivity contribution is 9.10. The Labute approximate surface area is 130 Å². The number of benzene rings is 1. The van der Waals surface area contributed by atoms with Gasteiger partial charge < -0.3 is 15.5 Å². The summed E-state index contributed by atoms with van der Waals surface area (Å²) >= 11 is 9.28. The lowest BCUT2D eigenvalue weighted by molar-refractivity contribution is -0.125. The number of amides is 2. The van der Waals surface area contributed by atoms with E-state index in [1.54, 1.807) is 30.1 Å². The number of hydrogen-bond donors (Lipinski definition) is 2. The maximum atomic E-state index is 12.6. The standard InChI is InChI=1S/C13H15BrClN3O2/c1-16-12(19)11-7-17-2-3-18(11)13(20)8-4-9(14)6-10(15)5-8/h4-6,11,17H,2-3,7H2,1H3,(H,16,19). The van der Waals surface area contributed by atoms with E-state index in [0.717, 1.165) is 4.47 Å². The summed E-state index contributed by atoms with van der Waals surface area (Å²) in [5.74, 6) is -0.366. The third-order valence-corrected chi connectivity index (χ3v) is 3.84. The molecule has 1 aromatic rings. The Kier molecular flexibility index (Phi) is 5.01. The molecular weight excluding hydrogens is 346 g/mol. The van der Waals surface area contributed by atoms with Gasteiger partial charge in [0.15, 0.2) is 0 Å². The largest absolute Gasteiger partial charge is 0.357 e. The van der Waals surface area contributed by atoms with Gasteiger partial charge in [-0.25, -0.2) is 0 Å². The summed E-state index contributed by atoms with van der Waals surface area (Å²) in [4.78, 5) is 26.0. The lowest BCUT2D eigenvalue weighted by Gasteiger charge is -2.35. The van der Waals surface area contributed by atoms with Crippen molar-refractivity contribution in [1.29, 1.82) is 0 Å². The number of carbonyl (C=O) groups is 2. The Hall–Kier alpha value is -1.11. The van der Waals surface area contributed by atoms with Gasteiger partial charge in [0.25, 0.3) is 5.91 Å². The molecule has 1 atom stereocenters. The van der Waals surface area contributed by atoms with E-state index < -0.39 is 6.04 Å². The molecule has 108 valence electrons. The molecule has 2 amide bonds. The highest BCUT2D eigenvalue weighted by atomic mass is 79.9. The van der Waals surface area contributed by atoms with Crippen LogP contribution in [0.15, 0.2) is 22.7 Å². The van der Waals surface area contributed by atoms with Crippen molar-refractivity contribution in [2.24, 2.45) is 0 Å². The minimum Gasteiger partial charge on any atom is -0.357 e. The molecule has 0 aromatic heterocycles. The molecule has 7 heteroatoms. The molecule has 1 unspecified atom stereocenters. The van der Waals surface area contributed by atoms with Crippen molar-refractivity contribution in [2.75, 3.05) is 26.7 Å². The fraction of sp³-hybridized carbons (Fsp3) is 0.385. The van der Waals surface area contributed by atoms with E-state index in [0.29, 0.717) is 30.2 Å². The number of nitrogens with one attached hydrogen (secondary N) is 2. The Morgan fingerprint density at radius 3 is 2.85 bits per heavy atom. The molecule has 0 spiro atoms. The number of rotatable bonds is 2. The molecule has 1 saturated heterocycles. The number of hydrogen-bond acceptors (Lipinski definition) is 3. The van der Waals surface area contributed by atoms with E-state index in [-0.39, 0.29) is 11.8 Å². The first kappa shape index (κ1) is 15.3. The molecule has 1 fully saturated rings. The van der Waals surface area contributed by atoms with Gasteiger partial charge in [0, 0.05) is 41.7 Å². The predicted molar refractivity (Wildman–Crippen MR) is 80.9 cm³/mol. The Morgan fingerprint density at radius 1 is 1.45 bits per heavy atom. The van der Waals surface area contributed by atoms with Crippen LogP contribution < -0.4 is 10.6 Å². The van der Waals surface area contributed by atoms with E-state index in [4.69, 9.17) is 11.6 Å². The number of carbonyl (C=O) groups excluding carboxylic acids is 2. The van der Waals surface area contributed by atoms with Crippen molar-refractivity contribution in [3.8, 4) is 0 Å². The van der Waals surface area contributed by atoms with Gasteiger partial charge in [-0.3, -0.25) is 9.59 Å². The van der Waals surface area contributed by atoms with Crippen LogP contribution in [0.1, 0.15) is 10.4 Å². The third kappa shape index (κ3) is 3.31. The molecule has 20 heavy (non-hydrogen) atoms. The van der Waals surface area contributed by atoms with Gasteiger partial charge in [-0.1, -0.05) is 27.5 Å². The molecule has 0 bridgehead atoms. The summed E-state index contributed by atoms with van der Waals surface area (Å²) in [7, 11) is 1.57. The van der Waals surface area contributed by atoms with Crippen molar-refractivity contribution in [3.63, 3.8) is 0 Å². The smallest absolute Gasteiger partial charge is 0.254 e. The van der Waals surface area contributed by atoms with Crippen molar-refractivity contribution in [2.45, 2.75) is 6.04 Å². The van der Waals surface area contributed by atoms with Gasteiger partial charge in [-0.05, 0) is 18.2 Å². The molecule has 1 heterocycles. The zero-order valence-electron chi connectivity index (χ0n) is 11.0. The summed E-state index contributed by atoms with van der Waals surface area (Å²) in [5, 5.41) is 6.19. The van der Waals surface area contributed by atoms with Crippen LogP contribution in [-0.4, -0.2) is 49.4 Å². The average Bonchev–Trinajstić information content (AvgIpc) is 2.44. The first-order valence-corrected chi connectivity index (χ1v) is 7.39. The molecular formula is C13H15BrClN3O2. The van der Waals surface area contributed by atoms with Crippen LogP contribution in [0, 0.1) is 0 Å². The van der Waals surface area contributed by atoms with Crippen molar-refractivity contribution in [1.82, 2.24) is 15.5 Å². The van der Waals surface area contributed by atoms with Gasteiger partial charge in [-0.2, -0.15) is 0 Å². The predicted octanol–water partition coefficient (Wildman–Crippen LogP) is 1.26. The summed E-state index contributed by atoms with van der Waals surface area (Å²) in [5.41, 5.74) is 0.472. The number of piperazine rings is 1. The summed E-state index contributed by atoms with van der Waals surface area (Å²) < 4.78 is 0.736. The van der Waals surface area contributed by atoms with Crippen LogP contribution in [0.3, 0.4) is 0 Å². The molecule has 1 aliphatic rings. The Bertz CT molecular complexity index is 518. The zero-order chi connectivity index (χ0) is 14.7. The Balaban J connectivity index is 2.27. The van der Waals surface area contributed by atoms with Crippen LogP contribution in [-0.2, 0) is 4.79 Å². The highest BCUT2D eigenvalue weighted by Gasteiger charge is 2.32. The second kappa shape index (κ2) is 6.56. The molecule has 2 N–H and O–H groups in total. The normalized spacial score (nSPS) is 18.8. The topological polar surface area (TPSA) is 61.4 Å². The van der Waals surface area contributed by atoms with Gasteiger partial charge >= 0.3 is 0 Å². The van der Waals surface area contributed by atoms with Crippen LogP contribution in [0.25, 0.3) is 0 Å². The third-order valence-electron chi connectivity index (χ3n) is 3.16. The highest BCUT2D eigenvalue weighted by Crippen LogP contribution is 2.21. The lowest BCUT2D eigenvalue weighted by atomic mass is 10.1. The molecule has 0 saturated carbocycles. The molecule has 0 aliphatic carbocycles. The molecule has 2 rings (SSSR count). The lowest BCUT2D eigenvalue weighted by Crippen LogP contribution is -2.59. The average molecular weight is 361 g/mol. The maximum Gasteiger partial charge on any atom is 0.254 e. The first-order valence-electron chi connectivity index (χ1n) is 6.22. The Morgan fingerprint density at radius 2 is 2.20 bits per heavy atom. The fourth-order valence-electron chi connectivity index (χ4n) is 2.19. The monoisotopic (exact) mass is 359 g/mol. The second-order valence-corrected chi connectivity index (χ2v) is 5.84. The zero-order valence-corrected chi connectivity index (χ0v) is 13.3. The molecule has 1 aliphatic heterocycles. The van der Waals surface area contributed by atoms with Crippen molar-refractivity contribution < 1.29 is 9.59 Å². The number of nitrogens with zero attached hydrogens (tertiary/aromatic N) is 1. The van der Waals surface area contributed by atoms with E-state index >= 15 is 0 Å². The molecule has 5 nitrogen and oxygen atoms in total. The van der Waals surface area contributed by atoms with Gasteiger partial charge in [0.05, 0.1) is 0 Å². The van der Waals surface area contributed by atoms with E-state index in [2.05, 4.69) is 26.6 Å². The summed E-state index contributed by atoms with van der Waals surface area (Å²) in [6.07, 6.45) is 0. The minimum atomic E-state index is -0.501. The summed E-state index contributed by atoms with van der Waals surface area (Å²) in [6.45, 7) is 1.61. The van der Waals surface area contributed by atoms with Gasteiger partial charge in [-0.15, -0.1) is 0 Å². The van der Waals surface area contributed by atoms with E-state index in [9.17, 15) is 9.59 Å². The van der Waals surface area contributed by atoms with Crippen molar-refractivity contribution in [3.05, 3.63) is 33.3 Å². The maximum absolute atomic E-state index is 12.6. The number of likely N-dealkylation sites (N-methyl/N-ethyl adjacent to an activating group) is 1. The molecule has 0 radical (unpaired) electrons. The SMILES string of the molecule is CNC(=O)C1CNCCN1C(=O)c1cc(Cl)cc(Br)c1. The minimum absolute atomic E-state index is 0.174.